The highest BCUT2D eigenvalue weighted by Gasteiger charge is 2.25. The fraction of sp³-hybridized carbons (Fsp3) is 0.200. The molecule has 0 saturated carbocycles. The number of nitrogens with zero attached hydrogens (tertiary/aromatic N) is 3. The van der Waals surface area contributed by atoms with E-state index in [2.05, 4.69) is 14.9 Å². The average molecular weight is 396 g/mol. The van der Waals surface area contributed by atoms with Crippen molar-refractivity contribution in [3.63, 3.8) is 0 Å². The third-order valence-corrected chi connectivity index (χ3v) is 6.24. The van der Waals surface area contributed by atoms with Crippen molar-refractivity contribution >= 4 is 21.4 Å². The van der Waals surface area contributed by atoms with Gasteiger partial charge in [-0.3, -0.25) is 4.72 Å². The van der Waals surface area contributed by atoms with E-state index in [1.807, 2.05) is 54.9 Å². The lowest BCUT2D eigenvalue weighted by atomic mass is 10.1. The number of fused-ring (bicyclic) bond motifs is 1. The molecule has 0 aliphatic carbocycles. The van der Waals surface area contributed by atoms with Crippen molar-refractivity contribution in [2.75, 3.05) is 4.72 Å². The molecule has 0 saturated heterocycles. The van der Waals surface area contributed by atoms with Crippen LogP contribution in [-0.4, -0.2) is 23.0 Å². The minimum Gasteiger partial charge on any atom is -0.360 e. The molecule has 0 radical (unpaired) electrons. The number of aryl methyl sites for hydroxylation is 4. The van der Waals surface area contributed by atoms with Crippen LogP contribution in [0.5, 0.6) is 0 Å². The number of sulfonamides is 1. The summed E-state index contributed by atoms with van der Waals surface area (Å²) in [5, 5.41) is 3.74. The highest BCUT2D eigenvalue weighted by molar-refractivity contribution is 7.92. The maximum atomic E-state index is 12.9. The molecule has 0 fully saturated rings. The number of nitrogens with one attached hydrogen (secondary N) is 1. The predicted octanol–water partition coefficient (Wildman–Crippen LogP) is 4.02. The zero-order chi connectivity index (χ0) is 20.1. The van der Waals surface area contributed by atoms with Crippen LogP contribution in [0.1, 0.15) is 22.6 Å². The van der Waals surface area contributed by atoms with Gasteiger partial charge in [-0.15, -0.1) is 0 Å². The van der Waals surface area contributed by atoms with Crippen molar-refractivity contribution < 1.29 is 12.9 Å². The van der Waals surface area contributed by atoms with Crippen LogP contribution in [0.2, 0.25) is 0 Å². The molecule has 7 nitrogen and oxygen atoms in total. The molecule has 4 rings (SSSR count). The third-order valence-electron chi connectivity index (χ3n) is 4.63. The van der Waals surface area contributed by atoms with Gasteiger partial charge in [0.25, 0.3) is 10.0 Å². The molecule has 0 spiro atoms. The molecule has 28 heavy (non-hydrogen) atoms. The maximum absolute atomic E-state index is 12.9. The molecule has 0 aliphatic heterocycles. The average Bonchev–Trinajstić information content (AvgIpc) is 3.19. The van der Waals surface area contributed by atoms with Gasteiger partial charge in [0, 0.05) is 18.0 Å². The van der Waals surface area contributed by atoms with Gasteiger partial charge in [-0.25, -0.2) is 13.4 Å². The van der Waals surface area contributed by atoms with E-state index in [1.165, 1.54) is 0 Å². The number of aromatic nitrogens is 3. The zero-order valence-corrected chi connectivity index (χ0v) is 16.8. The molecule has 3 heterocycles. The van der Waals surface area contributed by atoms with Gasteiger partial charge < -0.3 is 8.92 Å². The molecule has 8 heteroatoms. The van der Waals surface area contributed by atoms with Gasteiger partial charge in [0.05, 0.1) is 11.4 Å². The van der Waals surface area contributed by atoms with Gasteiger partial charge in [-0.1, -0.05) is 17.3 Å². The highest BCUT2D eigenvalue weighted by Crippen LogP contribution is 2.28. The topological polar surface area (TPSA) is 89.5 Å². The maximum Gasteiger partial charge on any atom is 0.267 e. The normalized spacial score (nSPS) is 11.9. The Morgan fingerprint density at radius 3 is 2.57 bits per heavy atom. The summed E-state index contributed by atoms with van der Waals surface area (Å²) in [6.45, 7) is 7.05. The minimum atomic E-state index is -3.81. The van der Waals surface area contributed by atoms with E-state index in [-0.39, 0.29) is 10.7 Å². The third kappa shape index (κ3) is 3.16. The molecule has 3 aromatic heterocycles. The minimum absolute atomic E-state index is 0.0699. The Balaban J connectivity index is 1.75. The SMILES string of the molecule is Cc1ccn2cc(-c3ccc(C)c(NS(=O)(=O)c4c(C)noc4C)c3)nc2c1. The molecule has 0 aliphatic rings. The molecular formula is C20H20N4O3S. The zero-order valence-electron chi connectivity index (χ0n) is 16.0. The Morgan fingerprint density at radius 2 is 1.86 bits per heavy atom. The van der Waals surface area contributed by atoms with E-state index in [9.17, 15) is 8.42 Å². The lowest BCUT2D eigenvalue weighted by Gasteiger charge is -2.11. The fourth-order valence-electron chi connectivity index (χ4n) is 3.17. The van der Waals surface area contributed by atoms with Crippen LogP contribution in [-0.2, 0) is 10.0 Å². The number of benzene rings is 1. The number of anilines is 1. The Bertz CT molecular complexity index is 1280. The summed E-state index contributed by atoms with van der Waals surface area (Å²) in [6.07, 6.45) is 3.88. The van der Waals surface area contributed by atoms with E-state index in [4.69, 9.17) is 4.52 Å². The first kappa shape index (κ1) is 18.2. The Morgan fingerprint density at radius 1 is 1.07 bits per heavy atom. The lowest BCUT2D eigenvalue weighted by Crippen LogP contribution is -2.15. The standard InChI is InChI=1S/C20H20N4O3S/c1-12-7-8-24-11-18(21-19(24)9-12)16-6-5-13(2)17(10-16)23-28(25,26)20-14(3)22-27-15(20)4/h5-11,23H,1-4H3. The monoisotopic (exact) mass is 396 g/mol. The molecule has 1 aromatic carbocycles. The first-order valence-corrected chi connectivity index (χ1v) is 10.2. The fourth-order valence-corrected chi connectivity index (χ4v) is 4.62. The largest absolute Gasteiger partial charge is 0.360 e. The van der Waals surface area contributed by atoms with Crippen molar-refractivity contribution in [2.45, 2.75) is 32.6 Å². The van der Waals surface area contributed by atoms with Gasteiger partial charge in [0.1, 0.15) is 11.3 Å². The van der Waals surface area contributed by atoms with Crippen LogP contribution in [0.3, 0.4) is 0 Å². The van der Waals surface area contributed by atoms with Crippen molar-refractivity contribution in [1.82, 2.24) is 14.5 Å². The van der Waals surface area contributed by atoms with Gasteiger partial charge >= 0.3 is 0 Å². The first-order valence-electron chi connectivity index (χ1n) is 8.77. The van der Waals surface area contributed by atoms with E-state index in [1.54, 1.807) is 19.9 Å². The number of hydrogen-bond acceptors (Lipinski definition) is 5. The molecule has 1 N–H and O–H groups in total. The number of pyridine rings is 1. The van der Waals surface area contributed by atoms with Crippen molar-refractivity contribution in [3.05, 3.63) is 65.3 Å². The van der Waals surface area contributed by atoms with Gasteiger partial charge in [-0.2, -0.15) is 0 Å². The number of rotatable bonds is 4. The van der Waals surface area contributed by atoms with Crippen LogP contribution in [0.25, 0.3) is 16.9 Å². The van der Waals surface area contributed by atoms with Gasteiger partial charge in [0.2, 0.25) is 0 Å². The summed E-state index contributed by atoms with van der Waals surface area (Å²) in [7, 11) is -3.81. The van der Waals surface area contributed by atoms with Crippen LogP contribution in [0, 0.1) is 27.7 Å². The van der Waals surface area contributed by atoms with E-state index in [0.717, 1.165) is 28.0 Å². The predicted molar refractivity (Wildman–Crippen MR) is 107 cm³/mol. The van der Waals surface area contributed by atoms with Crippen LogP contribution >= 0.6 is 0 Å². The molecular weight excluding hydrogens is 376 g/mol. The summed E-state index contributed by atoms with van der Waals surface area (Å²) >= 11 is 0. The molecule has 0 bridgehead atoms. The quantitative estimate of drug-likeness (QED) is 0.563. The lowest BCUT2D eigenvalue weighted by molar-refractivity contribution is 0.390. The second kappa shape index (κ2) is 6.49. The highest BCUT2D eigenvalue weighted by atomic mass is 32.2. The second-order valence-electron chi connectivity index (χ2n) is 6.88. The van der Waals surface area contributed by atoms with Crippen LogP contribution in [0.4, 0.5) is 5.69 Å². The molecule has 0 unspecified atom stereocenters. The summed E-state index contributed by atoms with van der Waals surface area (Å²) < 4.78 is 35.3. The van der Waals surface area contributed by atoms with E-state index in [0.29, 0.717) is 11.4 Å². The van der Waals surface area contributed by atoms with Gasteiger partial charge in [0.15, 0.2) is 10.7 Å². The molecule has 144 valence electrons. The molecule has 4 aromatic rings. The Kier molecular flexibility index (Phi) is 4.23. The summed E-state index contributed by atoms with van der Waals surface area (Å²) in [4.78, 5) is 4.72. The number of hydrogen-bond donors (Lipinski definition) is 1. The molecule has 0 amide bonds. The summed E-state index contributed by atoms with van der Waals surface area (Å²) in [5.74, 6) is 0.259. The van der Waals surface area contributed by atoms with Crippen molar-refractivity contribution in [3.8, 4) is 11.3 Å². The van der Waals surface area contributed by atoms with E-state index >= 15 is 0 Å². The van der Waals surface area contributed by atoms with Crippen molar-refractivity contribution in [2.24, 2.45) is 0 Å². The second-order valence-corrected chi connectivity index (χ2v) is 8.50. The number of imidazole rings is 1. The smallest absolute Gasteiger partial charge is 0.267 e. The first-order chi connectivity index (χ1) is 13.2. The molecule has 0 atom stereocenters. The summed E-state index contributed by atoms with van der Waals surface area (Å²) in [5.41, 5.74) is 5.18. The van der Waals surface area contributed by atoms with Crippen LogP contribution in [0.15, 0.2) is 52.1 Å². The van der Waals surface area contributed by atoms with Crippen LogP contribution < -0.4 is 4.72 Å². The van der Waals surface area contributed by atoms with E-state index < -0.39 is 10.0 Å². The van der Waals surface area contributed by atoms with Crippen molar-refractivity contribution in [1.29, 1.82) is 0 Å². The Labute approximate surface area is 163 Å². The van der Waals surface area contributed by atoms with Gasteiger partial charge in [-0.05, 0) is 57.0 Å². The summed E-state index contributed by atoms with van der Waals surface area (Å²) in [6, 6.07) is 9.60. The Hall–Kier alpha value is -3.13.